The molecule has 1 saturated heterocycles. The molecule has 6 N–H and O–H groups in total. The third kappa shape index (κ3) is 2.46. The minimum Gasteiger partial charge on any atom is -0.391 e. The van der Waals surface area contributed by atoms with Crippen molar-refractivity contribution >= 4 is 5.82 Å². The maximum atomic E-state index is 13.6. The van der Waals surface area contributed by atoms with E-state index in [1.807, 2.05) is 0 Å². The van der Waals surface area contributed by atoms with E-state index in [2.05, 4.69) is 16.8 Å². The summed E-state index contributed by atoms with van der Waals surface area (Å²) < 4.78 is 19.8. The highest BCUT2D eigenvalue weighted by atomic mass is 19.1. The summed E-state index contributed by atoms with van der Waals surface area (Å²) in [4.78, 5) is 15.3. The van der Waals surface area contributed by atoms with Crippen LogP contribution < -0.4 is 17.2 Å². The van der Waals surface area contributed by atoms with Crippen LogP contribution in [0.5, 0.6) is 0 Å². The van der Waals surface area contributed by atoms with Crippen LogP contribution in [0.2, 0.25) is 0 Å². The number of ether oxygens (including phenoxy) is 1. The molecule has 1 aliphatic heterocycles. The van der Waals surface area contributed by atoms with Gasteiger partial charge >= 0.3 is 5.69 Å². The van der Waals surface area contributed by atoms with Crippen LogP contribution >= 0.6 is 0 Å². The Hall–Kier alpha value is -1.99. The zero-order valence-corrected chi connectivity index (χ0v) is 12.0. The number of rotatable bonds is 2. The zero-order valence-electron chi connectivity index (χ0n) is 12.0. The van der Waals surface area contributed by atoms with Gasteiger partial charge in [-0.1, -0.05) is 5.92 Å². The third-order valence-electron chi connectivity index (χ3n) is 3.50. The highest BCUT2D eigenvalue weighted by Crippen LogP contribution is 2.37. The molecule has 8 nitrogen and oxygen atoms in total. The summed E-state index contributed by atoms with van der Waals surface area (Å²) >= 11 is 0. The van der Waals surface area contributed by atoms with Crippen LogP contribution in [0.15, 0.2) is 11.0 Å². The van der Waals surface area contributed by atoms with Gasteiger partial charge in [-0.15, -0.1) is 5.92 Å². The Morgan fingerprint density at radius 3 is 2.82 bits per heavy atom. The van der Waals surface area contributed by atoms with Gasteiger partial charge in [-0.25, -0.2) is 9.18 Å². The second-order valence-corrected chi connectivity index (χ2v) is 5.11. The van der Waals surface area contributed by atoms with Crippen LogP contribution in [0.4, 0.5) is 10.2 Å². The zero-order chi connectivity index (χ0) is 16.7. The molecule has 0 amide bonds. The lowest BCUT2D eigenvalue weighted by molar-refractivity contribution is -0.0780. The number of anilines is 1. The quantitative estimate of drug-likeness (QED) is 0.479. The second-order valence-electron chi connectivity index (χ2n) is 5.11. The average molecular weight is 312 g/mol. The van der Waals surface area contributed by atoms with Crippen LogP contribution in [0.1, 0.15) is 20.1 Å². The lowest BCUT2D eigenvalue weighted by Gasteiger charge is -2.28. The second kappa shape index (κ2) is 5.66. The Labute approximate surface area is 125 Å². The lowest BCUT2D eigenvalue weighted by atomic mass is 9.90. The average Bonchev–Trinajstić information content (AvgIpc) is 2.68. The molecule has 9 heteroatoms. The highest BCUT2D eigenvalue weighted by molar-refractivity contribution is 5.29. The summed E-state index contributed by atoms with van der Waals surface area (Å²) in [5, 5.41) is 20.0. The maximum absolute atomic E-state index is 13.6. The van der Waals surface area contributed by atoms with Crippen LogP contribution in [0.25, 0.3) is 0 Å². The van der Waals surface area contributed by atoms with Crippen LogP contribution in [0, 0.1) is 17.7 Å². The van der Waals surface area contributed by atoms with E-state index >= 15 is 0 Å². The van der Waals surface area contributed by atoms with Crippen molar-refractivity contribution in [2.24, 2.45) is 5.73 Å². The monoisotopic (exact) mass is 312 g/mol. The van der Waals surface area contributed by atoms with E-state index < -0.39 is 47.4 Å². The van der Waals surface area contributed by atoms with E-state index in [0.29, 0.717) is 0 Å². The molecule has 0 saturated carbocycles. The number of halogens is 1. The third-order valence-corrected chi connectivity index (χ3v) is 3.50. The van der Waals surface area contributed by atoms with Gasteiger partial charge < -0.3 is 26.4 Å². The molecule has 0 aromatic carbocycles. The van der Waals surface area contributed by atoms with Gasteiger partial charge in [-0.3, -0.25) is 4.57 Å². The smallest absolute Gasteiger partial charge is 0.351 e. The Kier molecular flexibility index (Phi) is 4.21. The summed E-state index contributed by atoms with van der Waals surface area (Å²) in [5.41, 5.74) is 8.68. The molecule has 1 aromatic heterocycles. The van der Waals surface area contributed by atoms with Gasteiger partial charge in [-0.2, -0.15) is 4.98 Å². The van der Waals surface area contributed by atoms with Crippen LogP contribution in [-0.2, 0) is 4.74 Å². The minimum absolute atomic E-state index is 0.559. The first kappa shape index (κ1) is 16.4. The number of aliphatic hydroxyl groups excluding tert-OH is 2. The first-order chi connectivity index (χ1) is 10.2. The van der Waals surface area contributed by atoms with Crippen molar-refractivity contribution in [1.82, 2.24) is 9.55 Å². The maximum Gasteiger partial charge on any atom is 0.351 e. The number of aliphatic hydroxyl groups is 2. The number of hydrogen-bond acceptors (Lipinski definition) is 7. The molecule has 1 aromatic rings. The molecule has 2 rings (SSSR count). The SMILES string of the molecule is CC#C[C@@]1(N)C(O)[C@@H]([C@H](C)O)O[C@H]1n1cc(F)c(N)nc1=O. The van der Waals surface area contributed by atoms with E-state index in [9.17, 15) is 19.4 Å². The molecule has 1 fully saturated rings. The molecule has 22 heavy (non-hydrogen) atoms. The van der Waals surface area contributed by atoms with Gasteiger partial charge in [0.25, 0.3) is 0 Å². The topological polar surface area (TPSA) is 137 Å². The molecule has 0 aliphatic carbocycles. The highest BCUT2D eigenvalue weighted by Gasteiger charge is 2.55. The molecule has 1 unspecified atom stereocenters. The lowest BCUT2D eigenvalue weighted by Crippen LogP contribution is -2.55. The van der Waals surface area contributed by atoms with E-state index in [-0.39, 0.29) is 0 Å². The Bertz CT molecular complexity index is 696. The fourth-order valence-electron chi connectivity index (χ4n) is 2.40. The summed E-state index contributed by atoms with van der Waals surface area (Å²) in [6.07, 6.45) is -4.11. The minimum atomic E-state index is -1.72. The van der Waals surface area contributed by atoms with E-state index in [1.54, 1.807) is 0 Å². The number of nitrogen functional groups attached to an aromatic ring is 1. The fourth-order valence-corrected chi connectivity index (χ4v) is 2.40. The number of aromatic nitrogens is 2. The summed E-state index contributed by atoms with van der Waals surface area (Å²) in [5.74, 6) is 3.60. The summed E-state index contributed by atoms with van der Waals surface area (Å²) in [7, 11) is 0. The molecular formula is C13H17FN4O4. The molecule has 0 radical (unpaired) electrons. The molecule has 5 atom stereocenters. The predicted molar refractivity (Wildman–Crippen MR) is 74.8 cm³/mol. The molecule has 120 valence electrons. The van der Waals surface area contributed by atoms with Crippen molar-refractivity contribution in [3.63, 3.8) is 0 Å². The molecular weight excluding hydrogens is 295 g/mol. The van der Waals surface area contributed by atoms with Crippen molar-refractivity contribution in [3.8, 4) is 11.8 Å². The Balaban J connectivity index is 2.59. The van der Waals surface area contributed by atoms with Gasteiger partial charge in [0.05, 0.1) is 12.3 Å². The van der Waals surface area contributed by atoms with Crippen molar-refractivity contribution in [2.75, 3.05) is 5.73 Å². The molecule has 0 spiro atoms. The van der Waals surface area contributed by atoms with Crippen molar-refractivity contribution in [3.05, 3.63) is 22.5 Å². The van der Waals surface area contributed by atoms with Gasteiger partial charge in [0, 0.05) is 0 Å². The number of nitrogens with zero attached hydrogens (tertiary/aromatic N) is 2. The van der Waals surface area contributed by atoms with E-state index in [4.69, 9.17) is 16.2 Å². The number of hydrogen-bond donors (Lipinski definition) is 4. The van der Waals surface area contributed by atoms with Gasteiger partial charge in [0.15, 0.2) is 23.4 Å². The first-order valence-electron chi connectivity index (χ1n) is 6.51. The first-order valence-corrected chi connectivity index (χ1v) is 6.51. The van der Waals surface area contributed by atoms with Crippen molar-refractivity contribution < 1.29 is 19.3 Å². The Morgan fingerprint density at radius 1 is 1.64 bits per heavy atom. The number of nitrogens with two attached hydrogens (primary N) is 2. The van der Waals surface area contributed by atoms with Gasteiger partial charge in [0.2, 0.25) is 0 Å². The fraction of sp³-hybridized carbons (Fsp3) is 0.538. The van der Waals surface area contributed by atoms with E-state index in [1.165, 1.54) is 13.8 Å². The molecule has 0 bridgehead atoms. The van der Waals surface area contributed by atoms with Gasteiger partial charge in [-0.05, 0) is 13.8 Å². The predicted octanol–water partition coefficient (Wildman–Crippen LogP) is -1.68. The normalized spacial score (nSPS) is 32.4. The summed E-state index contributed by atoms with van der Waals surface area (Å²) in [6, 6.07) is 0. The van der Waals surface area contributed by atoms with E-state index in [0.717, 1.165) is 10.8 Å². The van der Waals surface area contributed by atoms with Crippen molar-refractivity contribution in [2.45, 2.75) is 43.9 Å². The van der Waals surface area contributed by atoms with Crippen LogP contribution in [0.3, 0.4) is 0 Å². The van der Waals surface area contributed by atoms with Crippen molar-refractivity contribution in [1.29, 1.82) is 0 Å². The van der Waals surface area contributed by atoms with Gasteiger partial charge in [0.1, 0.15) is 12.2 Å². The molecule has 2 heterocycles. The Morgan fingerprint density at radius 2 is 2.27 bits per heavy atom. The summed E-state index contributed by atoms with van der Waals surface area (Å²) in [6.45, 7) is 2.87. The van der Waals surface area contributed by atoms with Crippen LogP contribution in [-0.4, -0.2) is 43.6 Å². The standard InChI is InChI=1S/C13H17FN4O4/c1-3-4-13(16)9(20)8(6(2)19)22-11(13)18-5-7(14)10(15)17-12(18)21/h5-6,8-9,11,19-20H,16H2,1-2H3,(H2,15,17,21)/t6-,8+,9?,11+,13+/m0/s1. The molecule has 1 aliphatic rings. The largest absolute Gasteiger partial charge is 0.391 e.